The van der Waals surface area contributed by atoms with Gasteiger partial charge in [-0.05, 0) is 57.8 Å². The quantitative estimate of drug-likeness (QED) is 0.817. The smallest absolute Gasteiger partial charge is 0.231 e. The van der Waals surface area contributed by atoms with Gasteiger partial charge in [0.25, 0.3) is 0 Å². The molecule has 21 heavy (non-hydrogen) atoms. The molecule has 3 rings (SSSR count). The van der Waals surface area contributed by atoms with Crippen LogP contribution in [0.4, 0.5) is 5.82 Å². The molecule has 0 unspecified atom stereocenters. The van der Waals surface area contributed by atoms with Gasteiger partial charge in [-0.15, -0.1) is 0 Å². The molecule has 0 fully saturated rings. The molecular formula is C14H13Br2N3O2. The number of rotatable bonds is 3. The maximum Gasteiger partial charge on any atom is 0.231 e. The minimum Gasteiger partial charge on any atom is -0.454 e. The highest BCUT2D eigenvalue weighted by molar-refractivity contribution is 9.11. The van der Waals surface area contributed by atoms with Gasteiger partial charge in [-0.1, -0.05) is 0 Å². The molecule has 0 bridgehead atoms. The minimum absolute atomic E-state index is 0.236. The number of ether oxygens (including phenoxy) is 2. The summed E-state index contributed by atoms with van der Waals surface area (Å²) in [5.41, 5.74) is 1.76. The van der Waals surface area contributed by atoms with Gasteiger partial charge < -0.3 is 14.8 Å². The van der Waals surface area contributed by atoms with Crippen molar-refractivity contribution in [3.05, 3.63) is 26.8 Å². The Morgan fingerprint density at radius 3 is 2.81 bits per heavy atom. The largest absolute Gasteiger partial charge is 0.454 e. The fraction of sp³-hybridized carbons (Fsp3) is 0.286. The lowest BCUT2D eigenvalue weighted by Crippen LogP contribution is -2.04. The van der Waals surface area contributed by atoms with E-state index in [1.54, 1.807) is 0 Å². The Hall–Kier alpha value is -1.34. The van der Waals surface area contributed by atoms with Gasteiger partial charge in [0.05, 0.1) is 14.6 Å². The SMILES string of the molecule is CCNc1nc(-c2cc(Br)c3c(c2)OCO3)nc(C)c1Br. The Balaban J connectivity index is 2.10. The molecule has 0 spiro atoms. The van der Waals surface area contributed by atoms with Gasteiger partial charge in [0, 0.05) is 12.1 Å². The van der Waals surface area contributed by atoms with Gasteiger partial charge in [0.15, 0.2) is 17.3 Å². The van der Waals surface area contributed by atoms with Crippen molar-refractivity contribution in [1.29, 1.82) is 0 Å². The van der Waals surface area contributed by atoms with Crippen molar-refractivity contribution in [1.82, 2.24) is 9.97 Å². The minimum atomic E-state index is 0.236. The van der Waals surface area contributed by atoms with E-state index in [1.165, 1.54) is 0 Å². The number of nitrogens with one attached hydrogen (secondary N) is 1. The first-order valence-corrected chi connectivity index (χ1v) is 8.06. The monoisotopic (exact) mass is 413 g/mol. The molecule has 0 aliphatic carbocycles. The van der Waals surface area contributed by atoms with Crippen LogP contribution in [0.25, 0.3) is 11.4 Å². The second-order valence-electron chi connectivity index (χ2n) is 4.52. The van der Waals surface area contributed by atoms with E-state index < -0.39 is 0 Å². The molecule has 0 saturated carbocycles. The summed E-state index contributed by atoms with van der Waals surface area (Å²) in [6.07, 6.45) is 0. The van der Waals surface area contributed by atoms with Crippen LogP contribution < -0.4 is 14.8 Å². The summed E-state index contributed by atoms with van der Waals surface area (Å²) >= 11 is 7.00. The van der Waals surface area contributed by atoms with Crippen LogP contribution >= 0.6 is 31.9 Å². The number of fused-ring (bicyclic) bond motifs is 1. The molecule has 2 heterocycles. The maximum absolute atomic E-state index is 5.44. The van der Waals surface area contributed by atoms with Crippen LogP contribution in [-0.4, -0.2) is 23.3 Å². The van der Waals surface area contributed by atoms with Crippen LogP contribution in [0.2, 0.25) is 0 Å². The van der Waals surface area contributed by atoms with Crippen molar-refractivity contribution in [3.63, 3.8) is 0 Å². The molecule has 0 radical (unpaired) electrons. The van der Waals surface area contributed by atoms with E-state index in [2.05, 4.69) is 47.1 Å². The molecule has 0 saturated heterocycles. The van der Waals surface area contributed by atoms with Crippen molar-refractivity contribution in [3.8, 4) is 22.9 Å². The third-order valence-electron chi connectivity index (χ3n) is 3.05. The summed E-state index contributed by atoms with van der Waals surface area (Å²) in [5, 5.41) is 3.23. The topological polar surface area (TPSA) is 56.3 Å². The van der Waals surface area contributed by atoms with E-state index in [0.29, 0.717) is 11.6 Å². The molecule has 1 aromatic heterocycles. The third kappa shape index (κ3) is 2.72. The Morgan fingerprint density at radius 1 is 1.24 bits per heavy atom. The Morgan fingerprint density at radius 2 is 2.05 bits per heavy atom. The summed E-state index contributed by atoms with van der Waals surface area (Å²) in [6.45, 7) is 5.00. The van der Waals surface area contributed by atoms with E-state index >= 15 is 0 Å². The van der Waals surface area contributed by atoms with E-state index in [1.807, 2.05) is 26.0 Å². The number of halogens is 2. The van der Waals surface area contributed by atoms with Gasteiger partial charge >= 0.3 is 0 Å². The van der Waals surface area contributed by atoms with E-state index in [9.17, 15) is 0 Å². The molecule has 2 aromatic rings. The number of aryl methyl sites for hydroxylation is 1. The maximum atomic E-state index is 5.44. The van der Waals surface area contributed by atoms with Crippen LogP contribution in [0.3, 0.4) is 0 Å². The number of hydrogen-bond donors (Lipinski definition) is 1. The number of anilines is 1. The van der Waals surface area contributed by atoms with E-state index in [4.69, 9.17) is 9.47 Å². The summed E-state index contributed by atoms with van der Waals surface area (Å²) in [5.74, 6) is 2.85. The number of hydrogen-bond acceptors (Lipinski definition) is 5. The van der Waals surface area contributed by atoms with Gasteiger partial charge in [-0.3, -0.25) is 0 Å². The van der Waals surface area contributed by atoms with Gasteiger partial charge in [-0.25, -0.2) is 9.97 Å². The molecule has 1 aromatic carbocycles. The Bertz CT molecular complexity index is 707. The second kappa shape index (κ2) is 5.81. The lowest BCUT2D eigenvalue weighted by atomic mass is 10.2. The van der Waals surface area contributed by atoms with E-state index in [0.717, 1.165) is 38.3 Å². The van der Waals surface area contributed by atoms with Crippen LogP contribution in [0.15, 0.2) is 21.1 Å². The zero-order valence-corrected chi connectivity index (χ0v) is 14.7. The molecule has 0 atom stereocenters. The van der Waals surface area contributed by atoms with Gasteiger partial charge in [-0.2, -0.15) is 0 Å². The van der Waals surface area contributed by atoms with Crippen molar-refractivity contribution >= 4 is 37.7 Å². The van der Waals surface area contributed by atoms with Crippen molar-refractivity contribution in [2.75, 3.05) is 18.7 Å². The first-order chi connectivity index (χ1) is 10.1. The summed E-state index contributed by atoms with van der Waals surface area (Å²) in [7, 11) is 0. The molecule has 1 aliphatic heterocycles. The third-order valence-corrected chi connectivity index (χ3v) is 4.58. The molecule has 110 valence electrons. The average Bonchev–Trinajstić information content (AvgIpc) is 2.92. The second-order valence-corrected chi connectivity index (χ2v) is 6.16. The molecule has 5 nitrogen and oxygen atoms in total. The summed E-state index contributed by atoms with van der Waals surface area (Å²) < 4.78 is 12.6. The van der Waals surface area contributed by atoms with Crippen molar-refractivity contribution < 1.29 is 9.47 Å². The van der Waals surface area contributed by atoms with E-state index in [-0.39, 0.29) is 6.79 Å². The predicted molar refractivity (Wildman–Crippen MR) is 87.9 cm³/mol. The predicted octanol–water partition coefficient (Wildman–Crippen LogP) is 4.14. The highest BCUT2D eigenvalue weighted by Gasteiger charge is 2.20. The molecule has 1 N–H and O–H groups in total. The van der Waals surface area contributed by atoms with Gasteiger partial charge in [0.2, 0.25) is 6.79 Å². The van der Waals surface area contributed by atoms with Crippen LogP contribution in [0.1, 0.15) is 12.6 Å². The van der Waals surface area contributed by atoms with Crippen molar-refractivity contribution in [2.24, 2.45) is 0 Å². The van der Waals surface area contributed by atoms with Gasteiger partial charge in [0.1, 0.15) is 5.82 Å². The van der Waals surface area contributed by atoms with Crippen molar-refractivity contribution in [2.45, 2.75) is 13.8 Å². The lowest BCUT2D eigenvalue weighted by molar-refractivity contribution is 0.173. The Labute approximate surface area is 139 Å². The molecule has 7 heteroatoms. The number of benzene rings is 1. The summed E-state index contributed by atoms with van der Waals surface area (Å²) in [6, 6.07) is 3.83. The molecule has 1 aliphatic rings. The lowest BCUT2D eigenvalue weighted by Gasteiger charge is -2.11. The Kier molecular flexibility index (Phi) is 4.03. The first-order valence-electron chi connectivity index (χ1n) is 6.47. The molecule has 0 amide bonds. The fourth-order valence-electron chi connectivity index (χ4n) is 2.07. The van der Waals surface area contributed by atoms with Crippen LogP contribution in [-0.2, 0) is 0 Å². The zero-order valence-electron chi connectivity index (χ0n) is 11.5. The number of nitrogens with zero attached hydrogens (tertiary/aromatic N) is 2. The normalized spacial score (nSPS) is 12.6. The van der Waals surface area contributed by atoms with Crippen LogP contribution in [0.5, 0.6) is 11.5 Å². The first kappa shape index (κ1) is 14.6. The average molecular weight is 415 g/mol. The zero-order chi connectivity index (χ0) is 15.0. The standard InChI is InChI=1S/C14H13Br2N3O2/c1-3-17-14-11(16)7(2)18-13(19-14)8-4-9(15)12-10(5-8)20-6-21-12/h4-5H,3,6H2,1-2H3,(H,17,18,19). The highest BCUT2D eigenvalue weighted by Crippen LogP contribution is 2.42. The molecular weight excluding hydrogens is 402 g/mol. The van der Waals surface area contributed by atoms with Crippen LogP contribution in [0, 0.1) is 6.92 Å². The highest BCUT2D eigenvalue weighted by atomic mass is 79.9. The summed E-state index contributed by atoms with van der Waals surface area (Å²) in [4.78, 5) is 9.11. The fourth-order valence-corrected chi connectivity index (χ4v) is 2.94. The number of aromatic nitrogens is 2.